The number of aryl methyl sites for hydroxylation is 1. The molecule has 124 valence electrons. The fraction of sp³-hybridized carbons (Fsp3) is 0.647. The highest BCUT2D eigenvalue weighted by atomic mass is 32.2. The number of aliphatic hydroxyl groups excluding tert-OH is 1. The van der Waals surface area contributed by atoms with Crippen molar-refractivity contribution in [2.75, 3.05) is 25.6 Å². The van der Waals surface area contributed by atoms with Gasteiger partial charge in [-0.3, -0.25) is 0 Å². The van der Waals surface area contributed by atoms with E-state index in [2.05, 4.69) is 31.2 Å². The molecule has 0 amide bonds. The van der Waals surface area contributed by atoms with Crippen molar-refractivity contribution < 1.29 is 19.3 Å². The molecule has 0 radical (unpaired) electrons. The number of thioether (sulfide) groups is 1. The number of benzene rings is 1. The van der Waals surface area contributed by atoms with E-state index in [0.717, 1.165) is 5.75 Å². The Morgan fingerprint density at radius 2 is 1.95 bits per heavy atom. The monoisotopic (exact) mass is 326 g/mol. The molecule has 1 aliphatic rings. The largest absolute Gasteiger partial charge is 0.393 e. The topological polar surface area (TPSA) is 47.9 Å². The zero-order valence-electron chi connectivity index (χ0n) is 13.4. The molecule has 1 N–H and O–H groups in total. The van der Waals surface area contributed by atoms with Crippen molar-refractivity contribution in [2.24, 2.45) is 0 Å². The molecule has 3 unspecified atom stereocenters. The van der Waals surface area contributed by atoms with Gasteiger partial charge in [-0.25, -0.2) is 0 Å². The van der Waals surface area contributed by atoms with Crippen LogP contribution in [0.15, 0.2) is 29.2 Å². The van der Waals surface area contributed by atoms with E-state index in [0.29, 0.717) is 32.7 Å². The van der Waals surface area contributed by atoms with Crippen LogP contribution in [0.3, 0.4) is 0 Å². The van der Waals surface area contributed by atoms with Crippen LogP contribution in [0.25, 0.3) is 0 Å². The quantitative estimate of drug-likeness (QED) is 0.588. The summed E-state index contributed by atoms with van der Waals surface area (Å²) >= 11 is 1.79. The van der Waals surface area contributed by atoms with Gasteiger partial charge >= 0.3 is 0 Å². The van der Waals surface area contributed by atoms with Crippen molar-refractivity contribution in [1.82, 2.24) is 0 Å². The van der Waals surface area contributed by atoms with Gasteiger partial charge in [0, 0.05) is 17.1 Å². The molecule has 22 heavy (non-hydrogen) atoms. The Morgan fingerprint density at radius 1 is 1.18 bits per heavy atom. The van der Waals surface area contributed by atoms with Gasteiger partial charge in [0.25, 0.3) is 0 Å². The van der Waals surface area contributed by atoms with Crippen LogP contribution in [0.2, 0.25) is 0 Å². The second-order valence-corrected chi connectivity index (χ2v) is 6.81. The molecule has 0 bridgehead atoms. The molecule has 1 saturated heterocycles. The van der Waals surface area contributed by atoms with Gasteiger partial charge in [0.1, 0.15) is 0 Å². The first kappa shape index (κ1) is 17.8. The second kappa shape index (κ2) is 9.53. The van der Waals surface area contributed by atoms with Gasteiger partial charge in [-0.1, -0.05) is 17.7 Å². The maximum atomic E-state index is 9.65. The Labute approximate surface area is 137 Å². The summed E-state index contributed by atoms with van der Waals surface area (Å²) in [5.41, 5.74) is 1.28. The molecule has 1 heterocycles. The molecule has 5 heteroatoms. The maximum Gasteiger partial charge on any atom is 0.160 e. The smallest absolute Gasteiger partial charge is 0.160 e. The highest BCUT2D eigenvalue weighted by molar-refractivity contribution is 7.99. The van der Waals surface area contributed by atoms with Gasteiger partial charge in [0.15, 0.2) is 6.29 Å². The Balaban J connectivity index is 1.48. The van der Waals surface area contributed by atoms with Crippen LogP contribution < -0.4 is 0 Å². The summed E-state index contributed by atoms with van der Waals surface area (Å²) in [6.45, 7) is 5.80. The minimum absolute atomic E-state index is 0.0561. The summed E-state index contributed by atoms with van der Waals surface area (Å²) in [5.74, 6) is 0.929. The molecule has 1 aromatic carbocycles. The molecular weight excluding hydrogens is 300 g/mol. The van der Waals surface area contributed by atoms with Crippen LogP contribution in [0.4, 0.5) is 0 Å². The zero-order chi connectivity index (χ0) is 15.8. The van der Waals surface area contributed by atoms with E-state index in [9.17, 15) is 5.11 Å². The lowest BCUT2D eigenvalue weighted by Gasteiger charge is -2.31. The SMILES string of the molecule is Cc1ccc(SCCOCCOC2CC(O)CC(C)O2)cc1. The molecule has 1 aromatic rings. The van der Waals surface area contributed by atoms with Crippen molar-refractivity contribution in [2.45, 2.75) is 50.1 Å². The van der Waals surface area contributed by atoms with E-state index in [1.807, 2.05) is 6.92 Å². The lowest BCUT2D eigenvalue weighted by Crippen LogP contribution is -2.36. The fourth-order valence-electron chi connectivity index (χ4n) is 2.37. The molecule has 4 nitrogen and oxygen atoms in total. The first-order chi connectivity index (χ1) is 10.6. The molecule has 0 saturated carbocycles. The van der Waals surface area contributed by atoms with Crippen LogP contribution in [0, 0.1) is 6.92 Å². The van der Waals surface area contributed by atoms with E-state index in [1.165, 1.54) is 10.5 Å². The molecule has 0 aromatic heterocycles. The number of ether oxygens (including phenoxy) is 3. The van der Waals surface area contributed by atoms with Crippen LogP contribution in [0.1, 0.15) is 25.3 Å². The molecule has 0 aliphatic carbocycles. The summed E-state index contributed by atoms with van der Waals surface area (Å²) in [6, 6.07) is 8.51. The summed E-state index contributed by atoms with van der Waals surface area (Å²) < 4.78 is 16.8. The van der Waals surface area contributed by atoms with Crippen LogP contribution >= 0.6 is 11.8 Å². The standard InChI is InChI=1S/C17H26O4S/c1-13-3-5-16(6-4-13)22-10-9-19-7-8-20-17-12-15(18)11-14(2)21-17/h3-6,14-15,17-18H,7-12H2,1-2H3. The molecule has 0 spiro atoms. The van der Waals surface area contributed by atoms with Crippen molar-refractivity contribution in [3.8, 4) is 0 Å². The average molecular weight is 326 g/mol. The van der Waals surface area contributed by atoms with Gasteiger partial charge < -0.3 is 19.3 Å². The number of hydrogen-bond acceptors (Lipinski definition) is 5. The van der Waals surface area contributed by atoms with Gasteiger partial charge in [-0.05, 0) is 32.4 Å². The van der Waals surface area contributed by atoms with Crippen LogP contribution in [-0.4, -0.2) is 49.2 Å². The van der Waals surface area contributed by atoms with E-state index < -0.39 is 0 Å². The Morgan fingerprint density at radius 3 is 2.68 bits per heavy atom. The van der Waals surface area contributed by atoms with E-state index in [1.54, 1.807) is 11.8 Å². The number of hydrogen-bond donors (Lipinski definition) is 1. The van der Waals surface area contributed by atoms with Crippen LogP contribution in [0.5, 0.6) is 0 Å². The molecule has 1 aliphatic heterocycles. The van der Waals surface area contributed by atoms with Gasteiger partial charge in [0.2, 0.25) is 0 Å². The minimum atomic E-state index is -0.319. The second-order valence-electron chi connectivity index (χ2n) is 5.65. The zero-order valence-corrected chi connectivity index (χ0v) is 14.2. The Hall–Kier alpha value is -0.590. The molecule has 1 fully saturated rings. The van der Waals surface area contributed by atoms with Crippen molar-refractivity contribution >= 4 is 11.8 Å². The van der Waals surface area contributed by atoms with E-state index in [4.69, 9.17) is 14.2 Å². The third kappa shape index (κ3) is 6.67. The number of rotatable bonds is 8. The number of aliphatic hydroxyl groups is 1. The normalized spacial score (nSPS) is 25.3. The summed E-state index contributed by atoms with van der Waals surface area (Å²) in [7, 11) is 0. The third-order valence-corrected chi connectivity index (χ3v) is 4.48. The minimum Gasteiger partial charge on any atom is -0.393 e. The lowest BCUT2D eigenvalue weighted by atomic mass is 10.1. The Bertz CT molecular complexity index is 413. The van der Waals surface area contributed by atoms with Crippen molar-refractivity contribution in [3.63, 3.8) is 0 Å². The summed E-state index contributed by atoms with van der Waals surface area (Å²) in [4.78, 5) is 1.27. The molecule has 2 rings (SSSR count). The predicted octanol–water partition coefficient (Wildman–Crippen LogP) is 3.01. The van der Waals surface area contributed by atoms with Crippen molar-refractivity contribution in [3.05, 3.63) is 29.8 Å². The van der Waals surface area contributed by atoms with E-state index >= 15 is 0 Å². The summed E-state index contributed by atoms with van der Waals surface area (Å²) in [5, 5.41) is 9.65. The lowest BCUT2D eigenvalue weighted by molar-refractivity contribution is -0.214. The van der Waals surface area contributed by atoms with Gasteiger partial charge in [-0.2, -0.15) is 0 Å². The summed E-state index contributed by atoms with van der Waals surface area (Å²) in [6.07, 6.45) is 0.672. The molecular formula is C17H26O4S. The highest BCUT2D eigenvalue weighted by Crippen LogP contribution is 2.20. The van der Waals surface area contributed by atoms with Crippen molar-refractivity contribution in [1.29, 1.82) is 0 Å². The maximum absolute atomic E-state index is 9.65. The van der Waals surface area contributed by atoms with E-state index in [-0.39, 0.29) is 18.5 Å². The first-order valence-corrected chi connectivity index (χ1v) is 8.84. The van der Waals surface area contributed by atoms with Gasteiger partial charge in [-0.15, -0.1) is 11.8 Å². The van der Waals surface area contributed by atoms with Crippen LogP contribution in [-0.2, 0) is 14.2 Å². The first-order valence-electron chi connectivity index (χ1n) is 7.86. The van der Waals surface area contributed by atoms with Gasteiger partial charge in [0.05, 0.1) is 32.0 Å². The Kier molecular flexibility index (Phi) is 7.69. The molecule has 3 atom stereocenters. The third-order valence-electron chi connectivity index (χ3n) is 3.50. The predicted molar refractivity (Wildman–Crippen MR) is 88.2 cm³/mol. The average Bonchev–Trinajstić information content (AvgIpc) is 2.47. The highest BCUT2D eigenvalue weighted by Gasteiger charge is 2.25. The fourth-order valence-corrected chi connectivity index (χ4v) is 3.14.